The van der Waals surface area contributed by atoms with Crippen molar-refractivity contribution in [3.05, 3.63) is 71.5 Å². The number of carbonyl (C=O) groups is 1. The molecule has 132 valence electrons. The van der Waals surface area contributed by atoms with Gasteiger partial charge in [-0.1, -0.05) is 30.3 Å². The maximum absolute atomic E-state index is 12.5. The van der Waals surface area contributed by atoms with Gasteiger partial charge in [-0.2, -0.15) is 5.10 Å². The van der Waals surface area contributed by atoms with Gasteiger partial charge in [0.15, 0.2) is 11.5 Å². The van der Waals surface area contributed by atoms with Crippen molar-refractivity contribution in [1.29, 1.82) is 0 Å². The molecule has 0 bridgehead atoms. The molecule has 1 aliphatic rings. The first-order valence-corrected chi connectivity index (χ1v) is 8.39. The van der Waals surface area contributed by atoms with Crippen LogP contribution in [0.1, 0.15) is 21.6 Å². The minimum absolute atomic E-state index is 0.412. The summed E-state index contributed by atoms with van der Waals surface area (Å²) in [4.78, 5) is 12.5. The van der Waals surface area contributed by atoms with Crippen LogP contribution in [0.5, 0.6) is 17.2 Å². The second-order valence-corrected chi connectivity index (χ2v) is 5.98. The van der Waals surface area contributed by atoms with Crippen molar-refractivity contribution < 1.29 is 19.0 Å². The standard InChI is InChI=1S/C20H18N2O4/c1-14-17(12-21-22(14)13-15-5-3-2-4-6-15)20(23)26-16-7-8-18-19(11-16)25-10-9-24-18/h2-8,11-12H,9-10,13H2,1H3. The minimum atomic E-state index is -0.446. The van der Waals surface area contributed by atoms with Crippen LogP contribution in [0.3, 0.4) is 0 Å². The first-order chi connectivity index (χ1) is 12.7. The topological polar surface area (TPSA) is 62.6 Å². The van der Waals surface area contributed by atoms with Gasteiger partial charge >= 0.3 is 5.97 Å². The van der Waals surface area contributed by atoms with Crippen LogP contribution in [0.4, 0.5) is 0 Å². The van der Waals surface area contributed by atoms with Gasteiger partial charge in [0.2, 0.25) is 0 Å². The van der Waals surface area contributed by atoms with E-state index in [2.05, 4.69) is 5.10 Å². The average molecular weight is 350 g/mol. The number of rotatable bonds is 4. The van der Waals surface area contributed by atoms with Crippen LogP contribution < -0.4 is 14.2 Å². The van der Waals surface area contributed by atoms with Crippen LogP contribution in [0, 0.1) is 6.92 Å². The second-order valence-electron chi connectivity index (χ2n) is 5.98. The van der Waals surface area contributed by atoms with Gasteiger partial charge < -0.3 is 14.2 Å². The molecule has 2 heterocycles. The smallest absolute Gasteiger partial charge is 0.347 e. The van der Waals surface area contributed by atoms with Gasteiger partial charge in [0.1, 0.15) is 24.5 Å². The number of ether oxygens (including phenoxy) is 3. The highest BCUT2D eigenvalue weighted by molar-refractivity contribution is 5.92. The minimum Gasteiger partial charge on any atom is -0.486 e. The normalized spacial score (nSPS) is 12.7. The van der Waals surface area contributed by atoms with Crippen LogP contribution in [0.2, 0.25) is 0 Å². The first-order valence-electron chi connectivity index (χ1n) is 8.39. The van der Waals surface area contributed by atoms with Crippen molar-refractivity contribution in [2.75, 3.05) is 13.2 Å². The van der Waals surface area contributed by atoms with E-state index < -0.39 is 5.97 Å². The molecule has 0 unspecified atom stereocenters. The van der Waals surface area contributed by atoms with Crippen molar-refractivity contribution in [1.82, 2.24) is 9.78 Å². The maximum Gasteiger partial charge on any atom is 0.347 e. The number of benzene rings is 2. The number of fused-ring (bicyclic) bond motifs is 1. The molecule has 1 aliphatic heterocycles. The lowest BCUT2D eigenvalue weighted by molar-refractivity contribution is 0.0732. The van der Waals surface area contributed by atoms with Crippen LogP contribution >= 0.6 is 0 Å². The summed E-state index contributed by atoms with van der Waals surface area (Å²) in [5.74, 6) is 1.20. The zero-order chi connectivity index (χ0) is 17.9. The molecule has 0 fully saturated rings. The first kappa shape index (κ1) is 16.2. The summed E-state index contributed by atoms with van der Waals surface area (Å²) in [5.41, 5.74) is 2.32. The maximum atomic E-state index is 12.5. The molecule has 0 atom stereocenters. The third-order valence-electron chi connectivity index (χ3n) is 4.22. The lowest BCUT2D eigenvalue weighted by atomic mass is 10.2. The summed E-state index contributed by atoms with van der Waals surface area (Å²) in [7, 11) is 0. The lowest BCUT2D eigenvalue weighted by Gasteiger charge is -2.18. The van der Waals surface area contributed by atoms with Gasteiger partial charge in [0.05, 0.1) is 18.4 Å². The van der Waals surface area contributed by atoms with Gasteiger partial charge in [-0.25, -0.2) is 4.79 Å². The Kier molecular flexibility index (Phi) is 4.31. The molecule has 6 nitrogen and oxygen atoms in total. The third-order valence-corrected chi connectivity index (χ3v) is 4.22. The van der Waals surface area contributed by atoms with Gasteiger partial charge in [0.25, 0.3) is 0 Å². The fourth-order valence-corrected chi connectivity index (χ4v) is 2.81. The SMILES string of the molecule is Cc1c(C(=O)Oc2ccc3c(c2)OCCO3)cnn1Cc1ccccc1. The predicted octanol–water partition coefficient (Wildman–Crippen LogP) is 3.23. The Balaban J connectivity index is 1.50. The monoisotopic (exact) mass is 350 g/mol. The van der Waals surface area contributed by atoms with E-state index in [1.54, 1.807) is 29.1 Å². The van der Waals surface area contributed by atoms with Crippen molar-refractivity contribution >= 4 is 5.97 Å². The number of aromatic nitrogens is 2. The molecule has 0 radical (unpaired) electrons. The van der Waals surface area contributed by atoms with Gasteiger partial charge in [-0.15, -0.1) is 0 Å². The van der Waals surface area contributed by atoms with Gasteiger partial charge in [-0.3, -0.25) is 4.68 Å². The van der Waals surface area contributed by atoms with Crippen molar-refractivity contribution in [2.24, 2.45) is 0 Å². The van der Waals surface area contributed by atoms with Crippen molar-refractivity contribution in [2.45, 2.75) is 13.5 Å². The Labute approximate surface area is 150 Å². The summed E-state index contributed by atoms with van der Waals surface area (Å²) < 4.78 is 18.3. The number of nitrogens with zero attached hydrogens (tertiary/aromatic N) is 2. The summed E-state index contributed by atoms with van der Waals surface area (Å²) in [6.45, 7) is 3.46. The van der Waals surface area contributed by atoms with Crippen LogP contribution in [0.15, 0.2) is 54.7 Å². The molecule has 3 aromatic rings. The van der Waals surface area contributed by atoms with E-state index in [0.29, 0.717) is 42.6 Å². The Morgan fingerprint density at radius 2 is 1.88 bits per heavy atom. The fourth-order valence-electron chi connectivity index (χ4n) is 2.81. The van der Waals surface area contributed by atoms with E-state index in [9.17, 15) is 4.79 Å². The Bertz CT molecular complexity index is 934. The molecule has 1 aromatic heterocycles. The molecule has 0 amide bonds. The fraction of sp³-hybridized carbons (Fsp3) is 0.200. The lowest BCUT2D eigenvalue weighted by Crippen LogP contribution is -2.16. The van der Waals surface area contributed by atoms with E-state index in [0.717, 1.165) is 11.3 Å². The Hall–Kier alpha value is -3.28. The summed E-state index contributed by atoms with van der Waals surface area (Å²) in [6.07, 6.45) is 1.54. The molecule has 4 rings (SSSR count). The Morgan fingerprint density at radius 3 is 2.69 bits per heavy atom. The van der Waals surface area contributed by atoms with Gasteiger partial charge in [-0.05, 0) is 24.6 Å². The van der Waals surface area contributed by atoms with E-state index in [4.69, 9.17) is 14.2 Å². The summed E-state index contributed by atoms with van der Waals surface area (Å²) in [6, 6.07) is 15.1. The zero-order valence-corrected chi connectivity index (χ0v) is 14.3. The number of hydrogen-bond donors (Lipinski definition) is 0. The number of hydrogen-bond acceptors (Lipinski definition) is 5. The molecule has 0 aliphatic carbocycles. The summed E-state index contributed by atoms with van der Waals surface area (Å²) >= 11 is 0. The zero-order valence-electron chi connectivity index (χ0n) is 14.3. The van der Waals surface area contributed by atoms with Gasteiger partial charge in [0, 0.05) is 6.07 Å². The molecule has 0 saturated carbocycles. The third kappa shape index (κ3) is 3.26. The van der Waals surface area contributed by atoms with Crippen LogP contribution in [-0.4, -0.2) is 29.0 Å². The summed E-state index contributed by atoms with van der Waals surface area (Å²) in [5, 5.41) is 4.32. The molecular formula is C20H18N2O4. The van der Waals surface area contributed by atoms with Crippen molar-refractivity contribution in [3.8, 4) is 17.2 Å². The molecule has 2 aromatic carbocycles. The Morgan fingerprint density at radius 1 is 1.12 bits per heavy atom. The molecular weight excluding hydrogens is 332 g/mol. The quantitative estimate of drug-likeness (QED) is 0.534. The predicted molar refractivity (Wildman–Crippen MR) is 94.9 cm³/mol. The molecule has 26 heavy (non-hydrogen) atoms. The van der Waals surface area contributed by atoms with Crippen LogP contribution in [-0.2, 0) is 6.54 Å². The molecule has 0 spiro atoms. The highest BCUT2D eigenvalue weighted by Gasteiger charge is 2.18. The molecule has 0 N–H and O–H groups in total. The highest BCUT2D eigenvalue weighted by Crippen LogP contribution is 2.33. The van der Waals surface area contributed by atoms with Crippen LogP contribution in [0.25, 0.3) is 0 Å². The number of carbonyl (C=O) groups excluding carboxylic acids is 1. The van der Waals surface area contributed by atoms with E-state index in [1.165, 1.54) is 0 Å². The van der Waals surface area contributed by atoms with Crippen molar-refractivity contribution in [3.63, 3.8) is 0 Å². The van der Waals surface area contributed by atoms with E-state index >= 15 is 0 Å². The second kappa shape index (κ2) is 6.92. The average Bonchev–Trinajstić information content (AvgIpc) is 3.03. The molecule has 6 heteroatoms. The number of esters is 1. The van der Waals surface area contributed by atoms with E-state index in [-0.39, 0.29) is 0 Å². The van der Waals surface area contributed by atoms with E-state index in [1.807, 2.05) is 37.3 Å². The molecule has 0 saturated heterocycles. The largest absolute Gasteiger partial charge is 0.486 e. The highest BCUT2D eigenvalue weighted by atomic mass is 16.6.